The summed E-state index contributed by atoms with van der Waals surface area (Å²) in [7, 11) is 0. The van der Waals surface area contributed by atoms with Gasteiger partial charge in [-0.25, -0.2) is 0 Å². The molecule has 2 rings (SSSR count). The fourth-order valence-electron chi connectivity index (χ4n) is 1.48. The maximum Gasteiger partial charge on any atom is 0.293 e. The van der Waals surface area contributed by atoms with Crippen molar-refractivity contribution in [3.8, 4) is 0 Å². The van der Waals surface area contributed by atoms with Gasteiger partial charge in [-0.1, -0.05) is 17.7 Å². The Kier molecular flexibility index (Phi) is 4.27. The van der Waals surface area contributed by atoms with Gasteiger partial charge in [-0.05, 0) is 43.4 Å². The minimum Gasteiger partial charge on any atom is -0.459 e. The van der Waals surface area contributed by atoms with Gasteiger partial charge in [0.05, 0.1) is 6.26 Å². The molecule has 20 heavy (non-hydrogen) atoms. The number of hydrogen-bond donors (Lipinski definition) is 2. The van der Waals surface area contributed by atoms with E-state index in [9.17, 15) is 9.59 Å². The Bertz CT molecular complexity index is 633. The van der Waals surface area contributed by atoms with Crippen LogP contribution in [-0.2, 0) is 0 Å². The van der Waals surface area contributed by atoms with Crippen molar-refractivity contribution in [1.82, 2.24) is 10.6 Å². The standard InChI is InChI=1S/C14H12N2O3S/c1-9-4-6-10(7-5-9)12(17)15-14(20)16-13(18)11-3-2-8-19-11/h2-8H,1H3,(H2,15,16,17,18,20). The lowest BCUT2D eigenvalue weighted by molar-refractivity contribution is 0.0947. The number of thiocarbonyl (C=S) groups is 1. The van der Waals surface area contributed by atoms with Gasteiger partial charge in [0.1, 0.15) is 0 Å². The van der Waals surface area contributed by atoms with Crippen molar-refractivity contribution < 1.29 is 14.0 Å². The van der Waals surface area contributed by atoms with Crippen molar-refractivity contribution in [2.45, 2.75) is 6.92 Å². The molecule has 0 aliphatic heterocycles. The molecule has 0 radical (unpaired) electrons. The van der Waals surface area contributed by atoms with Crippen LogP contribution in [0.4, 0.5) is 0 Å². The summed E-state index contributed by atoms with van der Waals surface area (Å²) in [6.45, 7) is 1.93. The van der Waals surface area contributed by atoms with Crippen LogP contribution in [-0.4, -0.2) is 16.9 Å². The molecule has 0 aliphatic carbocycles. The molecule has 0 saturated carbocycles. The first-order valence-electron chi connectivity index (χ1n) is 5.83. The molecule has 1 aromatic heterocycles. The van der Waals surface area contributed by atoms with Crippen molar-refractivity contribution in [3.05, 3.63) is 59.5 Å². The zero-order chi connectivity index (χ0) is 14.5. The third-order valence-corrected chi connectivity index (χ3v) is 2.72. The molecule has 0 atom stereocenters. The molecule has 6 heteroatoms. The first-order valence-corrected chi connectivity index (χ1v) is 6.24. The fraction of sp³-hybridized carbons (Fsp3) is 0.0714. The van der Waals surface area contributed by atoms with Gasteiger partial charge in [0.25, 0.3) is 11.8 Å². The van der Waals surface area contributed by atoms with E-state index in [4.69, 9.17) is 16.6 Å². The molecule has 102 valence electrons. The molecule has 0 spiro atoms. The molecule has 2 amide bonds. The summed E-state index contributed by atoms with van der Waals surface area (Å²) in [4.78, 5) is 23.5. The average Bonchev–Trinajstić information content (AvgIpc) is 2.93. The van der Waals surface area contributed by atoms with E-state index in [-0.39, 0.29) is 16.8 Å². The van der Waals surface area contributed by atoms with E-state index in [1.54, 1.807) is 18.2 Å². The summed E-state index contributed by atoms with van der Waals surface area (Å²) in [5.74, 6) is -0.768. The second-order valence-electron chi connectivity index (χ2n) is 4.08. The molecule has 1 heterocycles. The zero-order valence-electron chi connectivity index (χ0n) is 10.7. The van der Waals surface area contributed by atoms with E-state index >= 15 is 0 Å². The van der Waals surface area contributed by atoms with E-state index in [1.165, 1.54) is 12.3 Å². The number of rotatable bonds is 2. The largest absolute Gasteiger partial charge is 0.459 e. The van der Waals surface area contributed by atoms with Crippen LogP contribution >= 0.6 is 12.2 Å². The number of carbonyl (C=O) groups is 2. The summed E-state index contributed by atoms with van der Waals surface area (Å²) in [6.07, 6.45) is 1.38. The number of nitrogens with one attached hydrogen (secondary N) is 2. The Morgan fingerprint density at radius 3 is 2.30 bits per heavy atom. The highest BCUT2D eigenvalue weighted by molar-refractivity contribution is 7.80. The van der Waals surface area contributed by atoms with Crippen molar-refractivity contribution in [2.24, 2.45) is 0 Å². The molecule has 0 saturated heterocycles. The van der Waals surface area contributed by atoms with E-state index in [2.05, 4.69) is 10.6 Å². The van der Waals surface area contributed by atoms with Crippen LogP contribution in [0.15, 0.2) is 47.1 Å². The Morgan fingerprint density at radius 2 is 1.70 bits per heavy atom. The average molecular weight is 288 g/mol. The van der Waals surface area contributed by atoms with Crippen molar-refractivity contribution in [1.29, 1.82) is 0 Å². The lowest BCUT2D eigenvalue weighted by atomic mass is 10.1. The monoisotopic (exact) mass is 288 g/mol. The lowest BCUT2D eigenvalue weighted by Crippen LogP contribution is -2.42. The van der Waals surface area contributed by atoms with E-state index in [0.717, 1.165) is 5.56 Å². The number of furan rings is 1. The first kappa shape index (κ1) is 14.0. The lowest BCUT2D eigenvalue weighted by Gasteiger charge is -2.07. The number of hydrogen-bond acceptors (Lipinski definition) is 4. The van der Waals surface area contributed by atoms with Gasteiger partial charge in [-0.15, -0.1) is 0 Å². The van der Waals surface area contributed by atoms with Gasteiger partial charge in [0, 0.05) is 5.56 Å². The van der Waals surface area contributed by atoms with Crippen LogP contribution in [0.1, 0.15) is 26.5 Å². The van der Waals surface area contributed by atoms with Gasteiger partial charge in [0.15, 0.2) is 10.9 Å². The molecule has 2 N–H and O–H groups in total. The predicted octanol–water partition coefficient (Wildman–Crippen LogP) is 2.03. The third kappa shape index (κ3) is 3.52. The van der Waals surface area contributed by atoms with Gasteiger partial charge in [0.2, 0.25) is 0 Å². The smallest absolute Gasteiger partial charge is 0.293 e. The normalized spacial score (nSPS) is 9.85. The van der Waals surface area contributed by atoms with Gasteiger partial charge >= 0.3 is 0 Å². The SMILES string of the molecule is Cc1ccc(C(=O)NC(=S)NC(=O)c2ccco2)cc1. The highest BCUT2D eigenvalue weighted by atomic mass is 32.1. The van der Waals surface area contributed by atoms with Gasteiger partial charge in [-0.2, -0.15) is 0 Å². The molecule has 0 aliphatic rings. The Hall–Kier alpha value is -2.47. The topological polar surface area (TPSA) is 71.3 Å². The molecule has 5 nitrogen and oxygen atoms in total. The van der Waals surface area contributed by atoms with Crippen molar-refractivity contribution >= 4 is 29.1 Å². The van der Waals surface area contributed by atoms with Crippen molar-refractivity contribution in [3.63, 3.8) is 0 Å². The van der Waals surface area contributed by atoms with Crippen molar-refractivity contribution in [2.75, 3.05) is 0 Å². The maximum atomic E-state index is 11.9. The molecule has 0 bridgehead atoms. The van der Waals surface area contributed by atoms with Gasteiger partial charge < -0.3 is 4.42 Å². The van der Waals surface area contributed by atoms with Crippen LogP contribution in [0.5, 0.6) is 0 Å². The highest BCUT2D eigenvalue weighted by Gasteiger charge is 2.13. The van der Waals surface area contributed by atoms with Crippen LogP contribution in [0.2, 0.25) is 0 Å². The van der Waals surface area contributed by atoms with Crippen LogP contribution in [0.25, 0.3) is 0 Å². The number of aryl methyl sites for hydroxylation is 1. The molecule has 0 fully saturated rings. The summed E-state index contributed by atoms with van der Waals surface area (Å²) < 4.78 is 4.91. The van der Waals surface area contributed by atoms with Gasteiger partial charge in [-0.3, -0.25) is 20.2 Å². The van der Waals surface area contributed by atoms with E-state index in [0.29, 0.717) is 5.56 Å². The summed E-state index contributed by atoms with van der Waals surface area (Å²) in [6, 6.07) is 10.1. The molecule has 2 aromatic rings. The molecule has 1 aromatic carbocycles. The quantitative estimate of drug-likeness (QED) is 0.830. The molecule has 0 unspecified atom stereocenters. The number of carbonyl (C=O) groups excluding carboxylic acids is 2. The number of amides is 2. The summed E-state index contributed by atoms with van der Waals surface area (Å²) >= 11 is 4.90. The van der Waals surface area contributed by atoms with E-state index in [1.807, 2.05) is 19.1 Å². The summed E-state index contributed by atoms with van der Waals surface area (Å²) in [5, 5.41) is 4.72. The fourth-order valence-corrected chi connectivity index (χ4v) is 1.67. The summed E-state index contributed by atoms with van der Waals surface area (Å²) in [5.41, 5.74) is 1.51. The Labute approximate surface area is 121 Å². The number of benzene rings is 1. The Morgan fingerprint density at radius 1 is 1.05 bits per heavy atom. The van der Waals surface area contributed by atoms with Crippen LogP contribution in [0.3, 0.4) is 0 Å². The second-order valence-corrected chi connectivity index (χ2v) is 4.49. The minimum absolute atomic E-state index is 0.0722. The third-order valence-electron chi connectivity index (χ3n) is 2.51. The first-order chi connectivity index (χ1) is 9.56. The molecular formula is C14H12N2O3S. The van der Waals surface area contributed by atoms with E-state index < -0.39 is 5.91 Å². The minimum atomic E-state index is -0.510. The predicted molar refractivity (Wildman–Crippen MR) is 77.4 cm³/mol. The highest BCUT2D eigenvalue weighted by Crippen LogP contribution is 2.03. The van der Waals surface area contributed by atoms with Crippen LogP contribution in [0, 0.1) is 6.92 Å². The maximum absolute atomic E-state index is 11.9. The van der Waals surface area contributed by atoms with Crippen LogP contribution < -0.4 is 10.6 Å². The Balaban J connectivity index is 1.93. The molecular weight excluding hydrogens is 276 g/mol. The zero-order valence-corrected chi connectivity index (χ0v) is 11.5. The second kappa shape index (κ2) is 6.12.